The SMILES string of the molecule is CCOc1cc(/C=C2/SC(=NC(C)C)N(C(C)C)C2=O)c(Br)cc1OCc1ccccc1. The Morgan fingerprint density at radius 3 is 2.41 bits per heavy atom. The van der Waals surface area contributed by atoms with Crippen molar-refractivity contribution in [2.75, 3.05) is 6.61 Å². The summed E-state index contributed by atoms with van der Waals surface area (Å²) in [7, 11) is 0. The van der Waals surface area contributed by atoms with E-state index in [1.807, 2.05) is 83.2 Å². The van der Waals surface area contributed by atoms with Crippen LogP contribution in [0.5, 0.6) is 11.5 Å². The third kappa shape index (κ3) is 5.95. The molecule has 0 atom stereocenters. The second kappa shape index (κ2) is 11.1. The van der Waals surface area contributed by atoms with Crippen molar-refractivity contribution in [3.8, 4) is 11.5 Å². The highest BCUT2D eigenvalue weighted by Gasteiger charge is 2.35. The van der Waals surface area contributed by atoms with E-state index in [0.29, 0.717) is 29.6 Å². The Bertz CT molecular complexity index is 1020. The van der Waals surface area contributed by atoms with Gasteiger partial charge in [-0.1, -0.05) is 46.3 Å². The predicted molar refractivity (Wildman–Crippen MR) is 136 cm³/mol. The van der Waals surface area contributed by atoms with Crippen LogP contribution in [0.4, 0.5) is 0 Å². The largest absolute Gasteiger partial charge is 0.490 e. The third-order valence-electron chi connectivity index (χ3n) is 4.61. The molecule has 1 aliphatic rings. The molecule has 1 aliphatic heterocycles. The van der Waals surface area contributed by atoms with Crippen LogP contribution in [-0.2, 0) is 11.4 Å². The van der Waals surface area contributed by atoms with E-state index in [9.17, 15) is 4.79 Å². The van der Waals surface area contributed by atoms with E-state index in [2.05, 4.69) is 20.9 Å². The molecule has 0 N–H and O–H groups in total. The van der Waals surface area contributed by atoms with Gasteiger partial charge in [-0.2, -0.15) is 0 Å². The van der Waals surface area contributed by atoms with Crippen LogP contribution in [-0.4, -0.2) is 34.7 Å². The van der Waals surface area contributed by atoms with Crippen molar-refractivity contribution in [3.05, 3.63) is 63.0 Å². The van der Waals surface area contributed by atoms with Gasteiger partial charge in [0.25, 0.3) is 5.91 Å². The minimum absolute atomic E-state index is 0.0290. The number of halogens is 1. The molecule has 1 amide bonds. The maximum atomic E-state index is 13.1. The molecule has 0 unspecified atom stereocenters. The lowest BCUT2D eigenvalue weighted by atomic mass is 10.1. The first-order valence-electron chi connectivity index (χ1n) is 10.7. The van der Waals surface area contributed by atoms with Crippen LogP contribution in [0.2, 0.25) is 0 Å². The third-order valence-corrected chi connectivity index (χ3v) is 6.29. The Labute approximate surface area is 203 Å². The Balaban J connectivity index is 1.91. The van der Waals surface area contributed by atoms with Crippen LogP contribution in [0, 0.1) is 0 Å². The predicted octanol–water partition coefficient (Wildman–Crippen LogP) is 6.52. The van der Waals surface area contributed by atoms with Crippen LogP contribution in [0.3, 0.4) is 0 Å². The highest BCUT2D eigenvalue weighted by atomic mass is 79.9. The first-order valence-corrected chi connectivity index (χ1v) is 12.3. The lowest BCUT2D eigenvalue weighted by molar-refractivity contribution is -0.123. The van der Waals surface area contributed by atoms with Gasteiger partial charge in [0.05, 0.1) is 11.5 Å². The van der Waals surface area contributed by atoms with Gasteiger partial charge < -0.3 is 9.47 Å². The topological polar surface area (TPSA) is 51.1 Å². The smallest absolute Gasteiger partial charge is 0.266 e. The molecule has 0 spiro atoms. The number of carbonyl (C=O) groups excluding carboxylic acids is 1. The van der Waals surface area contributed by atoms with Crippen LogP contribution in [0.25, 0.3) is 6.08 Å². The first kappa shape index (κ1) is 24.4. The quantitative estimate of drug-likeness (QED) is 0.375. The molecule has 0 aliphatic carbocycles. The van der Waals surface area contributed by atoms with Gasteiger partial charge in [0.1, 0.15) is 6.61 Å². The van der Waals surface area contributed by atoms with Gasteiger partial charge in [-0.25, -0.2) is 0 Å². The van der Waals surface area contributed by atoms with E-state index >= 15 is 0 Å². The van der Waals surface area contributed by atoms with Crippen molar-refractivity contribution >= 4 is 44.8 Å². The van der Waals surface area contributed by atoms with Crippen molar-refractivity contribution in [1.29, 1.82) is 0 Å². The second-order valence-electron chi connectivity index (χ2n) is 7.91. The molecule has 32 heavy (non-hydrogen) atoms. The van der Waals surface area contributed by atoms with E-state index in [0.717, 1.165) is 20.8 Å². The Hall–Kier alpha value is -2.25. The minimum atomic E-state index is -0.0290. The summed E-state index contributed by atoms with van der Waals surface area (Å²) < 4.78 is 12.7. The number of hydrogen-bond donors (Lipinski definition) is 0. The number of amides is 1. The molecule has 0 aromatic heterocycles. The molecule has 5 nitrogen and oxygen atoms in total. The summed E-state index contributed by atoms with van der Waals surface area (Å²) in [4.78, 5) is 20.1. The van der Waals surface area contributed by atoms with Crippen LogP contribution in [0.1, 0.15) is 45.7 Å². The Kier molecular flexibility index (Phi) is 8.43. The highest BCUT2D eigenvalue weighted by Crippen LogP contribution is 2.39. The lowest BCUT2D eigenvalue weighted by Crippen LogP contribution is -2.35. The molecule has 0 radical (unpaired) electrons. The highest BCUT2D eigenvalue weighted by molar-refractivity contribution is 9.10. The van der Waals surface area contributed by atoms with Crippen LogP contribution >= 0.6 is 27.7 Å². The maximum absolute atomic E-state index is 13.1. The van der Waals surface area contributed by atoms with E-state index in [-0.39, 0.29) is 18.0 Å². The number of nitrogens with zero attached hydrogens (tertiary/aromatic N) is 2. The summed E-state index contributed by atoms with van der Waals surface area (Å²) in [5, 5.41) is 0.746. The molecule has 1 fully saturated rings. The zero-order valence-electron chi connectivity index (χ0n) is 19.1. The molecule has 170 valence electrons. The number of amidine groups is 1. The summed E-state index contributed by atoms with van der Waals surface area (Å²) in [6, 6.07) is 14.0. The molecule has 0 saturated carbocycles. The number of benzene rings is 2. The van der Waals surface area contributed by atoms with Crippen molar-refractivity contribution in [1.82, 2.24) is 4.90 Å². The molecular formula is C25H29BrN2O3S. The van der Waals surface area contributed by atoms with E-state index < -0.39 is 0 Å². The molecule has 1 saturated heterocycles. The summed E-state index contributed by atoms with van der Waals surface area (Å²) in [6.07, 6.45) is 1.89. The van der Waals surface area contributed by atoms with Crippen molar-refractivity contribution in [2.24, 2.45) is 4.99 Å². The van der Waals surface area contributed by atoms with Gasteiger partial charge in [0.2, 0.25) is 0 Å². The molecule has 3 rings (SSSR count). The average Bonchev–Trinajstić information content (AvgIpc) is 3.04. The van der Waals surface area contributed by atoms with Crippen LogP contribution < -0.4 is 9.47 Å². The lowest BCUT2D eigenvalue weighted by Gasteiger charge is -2.20. The summed E-state index contributed by atoms with van der Waals surface area (Å²) in [5.74, 6) is 1.27. The van der Waals surface area contributed by atoms with Gasteiger partial charge in [-0.3, -0.25) is 14.7 Å². The second-order valence-corrected chi connectivity index (χ2v) is 9.78. The number of hydrogen-bond acceptors (Lipinski definition) is 5. The molecule has 1 heterocycles. The fourth-order valence-corrected chi connectivity index (χ4v) is 4.83. The van der Waals surface area contributed by atoms with Gasteiger partial charge in [-0.15, -0.1) is 0 Å². The number of aliphatic imine (C=N–C) groups is 1. The van der Waals surface area contributed by atoms with Gasteiger partial charge in [-0.05, 0) is 75.7 Å². The summed E-state index contributed by atoms with van der Waals surface area (Å²) in [5.41, 5.74) is 1.93. The van der Waals surface area contributed by atoms with Crippen molar-refractivity contribution in [3.63, 3.8) is 0 Å². The Morgan fingerprint density at radius 1 is 1.09 bits per heavy atom. The fourth-order valence-electron chi connectivity index (χ4n) is 3.17. The zero-order chi connectivity index (χ0) is 23.3. The fraction of sp³-hybridized carbons (Fsp3) is 0.360. The zero-order valence-corrected chi connectivity index (χ0v) is 21.5. The number of carbonyl (C=O) groups is 1. The molecule has 2 aromatic rings. The monoisotopic (exact) mass is 516 g/mol. The number of ether oxygens (including phenoxy) is 2. The number of rotatable bonds is 8. The first-order chi connectivity index (χ1) is 15.3. The van der Waals surface area contributed by atoms with E-state index in [1.54, 1.807) is 4.90 Å². The Morgan fingerprint density at radius 2 is 1.78 bits per heavy atom. The average molecular weight is 517 g/mol. The van der Waals surface area contributed by atoms with E-state index in [1.165, 1.54) is 11.8 Å². The summed E-state index contributed by atoms with van der Waals surface area (Å²) >= 11 is 5.05. The van der Waals surface area contributed by atoms with Gasteiger partial charge in [0, 0.05) is 16.6 Å². The van der Waals surface area contributed by atoms with Crippen molar-refractivity contribution < 1.29 is 14.3 Å². The molecule has 2 aromatic carbocycles. The van der Waals surface area contributed by atoms with E-state index in [4.69, 9.17) is 9.47 Å². The summed E-state index contributed by atoms with van der Waals surface area (Å²) in [6.45, 7) is 10.9. The van der Waals surface area contributed by atoms with Crippen molar-refractivity contribution in [2.45, 2.75) is 53.3 Å². The molecule has 0 bridgehead atoms. The maximum Gasteiger partial charge on any atom is 0.266 e. The normalized spacial score (nSPS) is 16.6. The minimum Gasteiger partial charge on any atom is -0.490 e. The standard InChI is InChI=1S/C25H29BrN2O3S/c1-6-30-21-12-19(20(26)14-22(21)31-15-18-10-8-7-9-11-18)13-23-24(29)28(17(4)5)25(32-23)27-16(2)3/h7-14,16-17H,6,15H2,1-5H3/b23-13+,27-25?. The van der Waals surface area contributed by atoms with Gasteiger partial charge >= 0.3 is 0 Å². The number of thioether (sulfide) groups is 1. The molecule has 7 heteroatoms. The van der Waals surface area contributed by atoms with Gasteiger partial charge in [0.15, 0.2) is 16.7 Å². The van der Waals surface area contributed by atoms with Crippen LogP contribution in [0.15, 0.2) is 56.8 Å². The molecular weight excluding hydrogens is 488 g/mol.